The number of carbonyl (C=O) groups excluding carboxylic acids is 2. The molecule has 8 nitrogen and oxygen atoms in total. The first-order valence-electron chi connectivity index (χ1n) is 10.2. The fourth-order valence-electron chi connectivity index (χ4n) is 4.44. The molecule has 2 aliphatic rings. The van der Waals surface area contributed by atoms with Gasteiger partial charge in [-0.05, 0) is 49.1 Å². The van der Waals surface area contributed by atoms with Gasteiger partial charge in [-0.15, -0.1) is 10.2 Å². The van der Waals surface area contributed by atoms with Crippen LogP contribution in [0.25, 0.3) is 0 Å². The predicted octanol–water partition coefficient (Wildman–Crippen LogP) is 2.32. The lowest BCUT2D eigenvalue weighted by Crippen LogP contribution is -2.31. The van der Waals surface area contributed by atoms with Crippen LogP contribution in [0.1, 0.15) is 32.6 Å². The minimum Gasteiger partial charge on any atom is -0.337 e. The van der Waals surface area contributed by atoms with Crippen LogP contribution in [0.5, 0.6) is 0 Å². The summed E-state index contributed by atoms with van der Waals surface area (Å²) in [5.41, 5.74) is 1.62. The highest BCUT2D eigenvalue weighted by Gasteiger charge is 2.41. The van der Waals surface area contributed by atoms with Crippen LogP contribution >= 0.6 is 0 Å². The van der Waals surface area contributed by atoms with Gasteiger partial charge in [-0.25, -0.2) is 9.37 Å². The lowest BCUT2D eigenvalue weighted by Gasteiger charge is -2.25. The van der Waals surface area contributed by atoms with E-state index in [0.29, 0.717) is 37.4 Å². The summed E-state index contributed by atoms with van der Waals surface area (Å²) in [6.07, 6.45) is 0.649. The third-order valence-electron chi connectivity index (χ3n) is 5.95. The standard InChI is InChI=1S/C22H21FN6O2/c1-13-4-2-7-18(24-13)22(31)28-10-14-8-19-26-27-20(29(19)12-15(14)11-28)21(30)25-17-6-3-5-16(23)9-17/h2-7,9,14-15H,8,10-12H2,1H3,(H,25,30). The second kappa shape index (κ2) is 7.57. The molecule has 9 heteroatoms. The zero-order valence-electron chi connectivity index (χ0n) is 17.0. The number of fused-ring (bicyclic) bond motifs is 2. The Hall–Kier alpha value is -3.62. The smallest absolute Gasteiger partial charge is 0.293 e. The molecule has 1 aromatic carbocycles. The fraction of sp³-hybridized carbons (Fsp3) is 0.318. The van der Waals surface area contributed by atoms with Gasteiger partial charge in [-0.1, -0.05) is 12.1 Å². The van der Waals surface area contributed by atoms with E-state index >= 15 is 0 Å². The molecule has 5 rings (SSSR count). The highest BCUT2D eigenvalue weighted by atomic mass is 19.1. The number of anilines is 1. The van der Waals surface area contributed by atoms with Crippen molar-refractivity contribution in [1.29, 1.82) is 0 Å². The number of nitrogens with zero attached hydrogens (tertiary/aromatic N) is 5. The number of aromatic nitrogens is 4. The van der Waals surface area contributed by atoms with E-state index in [-0.39, 0.29) is 23.6 Å². The summed E-state index contributed by atoms with van der Waals surface area (Å²) in [4.78, 5) is 31.8. The molecule has 0 aliphatic carbocycles. The molecule has 0 bridgehead atoms. The molecule has 158 valence electrons. The van der Waals surface area contributed by atoms with Gasteiger partial charge in [-0.3, -0.25) is 9.59 Å². The normalized spacial score (nSPS) is 19.6. The van der Waals surface area contributed by atoms with Crippen LogP contribution < -0.4 is 5.32 Å². The number of nitrogens with one attached hydrogen (secondary N) is 1. The van der Waals surface area contributed by atoms with E-state index in [1.807, 2.05) is 28.5 Å². The summed E-state index contributed by atoms with van der Waals surface area (Å²) < 4.78 is 15.2. The third-order valence-corrected chi connectivity index (χ3v) is 5.95. The number of rotatable bonds is 3. The van der Waals surface area contributed by atoms with E-state index < -0.39 is 11.7 Å². The van der Waals surface area contributed by atoms with Gasteiger partial charge in [0.15, 0.2) is 0 Å². The van der Waals surface area contributed by atoms with Crippen LogP contribution in [0.2, 0.25) is 0 Å². The number of pyridine rings is 1. The molecule has 0 spiro atoms. The van der Waals surface area contributed by atoms with Crippen molar-refractivity contribution >= 4 is 17.5 Å². The van der Waals surface area contributed by atoms with Gasteiger partial charge in [0.25, 0.3) is 11.8 Å². The van der Waals surface area contributed by atoms with E-state index in [2.05, 4.69) is 20.5 Å². The Balaban J connectivity index is 1.31. The van der Waals surface area contributed by atoms with Crippen molar-refractivity contribution in [1.82, 2.24) is 24.6 Å². The van der Waals surface area contributed by atoms with Gasteiger partial charge < -0.3 is 14.8 Å². The Morgan fingerprint density at radius 1 is 1.06 bits per heavy atom. The molecule has 2 aliphatic heterocycles. The van der Waals surface area contributed by atoms with Gasteiger partial charge in [0.2, 0.25) is 5.82 Å². The maximum Gasteiger partial charge on any atom is 0.293 e. The second-order valence-corrected chi connectivity index (χ2v) is 8.11. The minimum absolute atomic E-state index is 0.0714. The summed E-state index contributed by atoms with van der Waals surface area (Å²) in [6, 6.07) is 11.1. The quantitative estimate of drug-likeness (QED) is 0.702. The number of amides is 2. The molecule has 3 aromatic rings. The molecule has 4 heterocycles. The summed E-state index contributed by atoms with van der Waals surface area (Å²) >= 11 is 0. The summed E-state index contributed by atoms with van der Waals surface area (Å²) in [5.74, 6) is 0.470. The maximum atomic E-state index is 13.4. The first-order valence-corrected chi connectivity index (χ1v) is 10.2. The molecule has 31 heavy (non-hydrogen) atoms. The lowest BCUT2D eigenvalue weighted by atomic mass is 9.89. The van der Waals surface area contributed by atoms with Crippen molar-refractivity contribution in [2.24, 2.45) is 11.8 Å². The van der Waals surface area contributed by atoms with Crippen LogP contribution in [-0.2, 0) is 13.0 Å². The van der Waals surface area contributed by atoms with Crippen molar-refractivity contribution in [2.75, 3.05) is 18.4 Å². The molecule has 1 fully saturated rings. The molecule has 2 amide bonds. The average Bonchev–Trinajstić information content (AvgIpc) is 3.34. The largest absolute Gasteiger partial charge is 0.337 e. The molecule has 1 N–H and O–H groups in total. The molecule has 2 atom stereocenters. The van der Waals surface area contributed by atoms with Crippen molar-refractivity contribution in [3.8, 4) is 0 Å². The van der Waals surface area contributed by atoms with Gasteiger partial charge in [0, 0.05) is 37.4 Å². The van der Waals surface area contributed by atoms with E-state index in [9.17, 15) is 14.0 Å². The zero-order valence-corrected chi connectivity index (χ0v) is 17.0. The van der Waals surface area contributed by atoms with Gasteiger partial charge in [0.1, 0.15) is 17.3 Å². The van der Waals surface area contributed by atoms with E-state index in [1.54, 1.807) is 12.1 Å². The molecular formula is C22H21FN6O2. The van der Waals surface area contributed by atoms with E-state index in [4.69, 9.17) is 0 Å². The fourth-order valence-corrected chi connectivity index (χ4v) is 4.44. The van der Waals surface area contributed by atoms with E-state index in [0.717, 1.165) is 11.5 Å². The average molecular weight is 420 g/mol. The molecular weight excluding hydrogens is 399 g/mol. The molecule has 0 radical (unpaired) electrons. The molecule has 1 saturated heterocycles. The van der Waals surface area contributed by atoms with Gasteiger partial charge >= 0.3 is 0 Å². The Kier molecular flexibility index (Phi) is 4.72. The van der Waals surface area contributed by atoms with Crippen molar-refractivity contribution in [3.63, 3.8) is 0 Å². The Labute approximate surface area is 178 Å². The Bertz CT molecular complexity index is 1180. The number of halogens is 1. The number of likely N-dealkylation sites (tertiary alicyclic amines) is 1. The molecule has 2 aromatic heterocycles. The first kappa shape index (κ1) is 19.3. The molecule has 2 unspecified atom stereocenters. The highest BCUT2D eigenvalue weighted by molar-refractivity contribution is 6.01. The predicted molar refractivity (Wildman–Crippen MR) is 110 cm³/mol. The van der Waals surface area contributed by atoms with Crippen LogP contribution in [0.4, 0.5) is 10.1 Å². The third kappa shape index (κ3) is 3.67. The van der Waals surface area contributed by atoms with Crippen LogP contribution in [0.3, 0.4) is 0 Å². The number of carbonyl (C=O) groups is 2. The Morgan fingerprint density at radius 3 is 2.68 bits per heavy atom. The van der Waals surface area contributed by atoms with Crippen LogP contribution in [0, 0.1) is 24.6 Å². The van der Waals surface area contributed by atoms with Crippen LogP contribution in [0.15, 0.2) is 42.5 Å². The first-order chi connectivity index (χ1) is 15.0. The van der Waals surface area contributed by atoms with Gasteiger partial charge in [0.05, 0.1) is 0 Å². The van der Waals surface area contributed by atoms with Gasteiger partial charge in [-0.2, -0.15) is 0 Å². The summed E-state index contributed by atoms with van der Waals surface area (Å²) in [6.45, 7) is 3.66. The number of hydrogen-bond acceptors (Lipinski definition) is 5. The summed E-state index contributed by atoms with van der Waals surface area (Å²) in [7, 11) is 0. The highest BCUT2D eigenvalue weighted by Crippen LogP contribution is 2.33. The monoisotopic (exact) mass is 420 g/mol. The number of aryl methyl sites for hydroxylation is 1. The minimum atomic E-state index is -0.433. The molecule has 0 saturated carbocycles. The van der Waals surface area contributed by atoms with Crippen molar-refractivity contribution in [3.05, 3.63) is 71.3 Å². The second-order valence-electron chi connectivity index (χ2n) is 8.11. The lowest BCUT2D eigenvalue weighted by molar-refractivity contribution is 0.0777. The van der Waals surface area contributed by atoms with Crippen molar-refractivity contribution < 1.29 is 14.0 Å². The van der Waals surface area contributed by atoms with Crippen molar-refractivity contribution in [2.45, 2.75) is 19.9 Å². The SMILES string of the molecule is Cc1cccc(C(=O)N2CC3Cc4nnc(C(=O)Nc5cccc(F)c5)n4CC3C2)n1. The Morgan fingerprint density at radius 2 is 1.87 bits per heavy atom. The zero-order chi connectivity index (χ0) is 21.5. The maximum absolute atomic E-state index is 13.4. The topological polar surface area (TPSA) is 93.0 Å². The summed E-state index contributed by atoms with van der Waals surface area (Å²) in [5, 5.41) is 10.9. The van der Waals surface area contributed by atoms with Crippen LogP contribution in [-0.4, -0.2) is 49.6 Å². The van der Waals surface area contributed by atoms with E-state index in [1.165, 1.54) is 18.2 Å². The number of hydrogen-bond donors (Lipinski definition) is 1. The number of benzene rings is 1.